The molecule has 1 aromatic carbocycles. The van der Waals surface area contributed by atoms with Crippen molar-refractivity contribution in [2.24, 2.45) is 11.7 Å². The minimum atomic E-state index is -3.80. The average Bonchev–Trinajstić information content (AvgIpc) is 3.38. The molecule has 0 aliphatic heterocycles. The van der Waals surface area contributed by atoms with E-state index >= 15 is 0 Å². The van der Waals surface area contributed by atoms with Crippen molar-refractivity contribution < 1.29 is 16.8 Å². The zero-order valence-electron chi connectivity index (χ0n) is 14.4. The second kappa shape index (κ2) is 8.79. The largest absolute Gasteiger partial charge is 0.326 e. The molecule has 0 amide bonds. The molecule has 1 aliphatic carbocycles. The van der Waals surface area contributed by atoms with Gasteiger partial charge in [-0.1, -0.05) is 19.9 Å². The summed E-state index contributed by atoms with van der Waals surface area (Å²) in [6, 6.07) is 5.21. The number of nitrogens with zero attached hydrogens (tertiary/aromatic N) is 1. The zero-order chi connectivity index (χ0) is 18.0. The standard InChI is InChI=1S/C15H25N3O4S2.ClH/c1-3-18(4-2)24(21,22)14-7-5-6-13(10-14)23(19,20)17-11-15(16)12-8-9-12;/h5-7,10,12,15,17H,3-4,8-9,11,16H2,1-2H3;1H. The quantitative estimate of drug-likeness (QED) is 0.633. The lowest BCUT2D eigenvalue weighted by molar-refractivity contribution is 0.445. The molecule has 1 fully saturated rings. The van der Waals surface area contributed by atoms with Crippen molar-refractivity contribution in [1.82, 2.24) is 9.03 Å². The van der Waals surface area contributed by atoms with Crippen LogP contribution >= 0.6 is 12.4 Å². The molecule has 3 N–H and O–H groups in total. The summed E-state index contributed by atoms with van der Waals surface area (Å²) in [4.78, 5) is -0.0979. The van der Waals surface area contributed by atoms with Gasteiger partial charge in [-0.05, 0) is 37.0 Å². The van der Waals surface area contributed by atoms with Crippen LogP contribution in [0.5, 0.6) is 0 Å². The third-order valence-electron chi connectivity index (χ3n) is 4.20. The molecule has 0 spiro atoms. The maximum Gasteiger partial charge on any atom is 0.243 e. The summed E-state index contributed by atoms with van der Waals surface area (Å²) in [5.74, 6) is 0.377. The second-order valence-electron chi connectivity index (χ2n) is 5.92. The van der Waals surface area contributed by atoms with Gasteiger partial charge in [-0.2, -0.15) is 4.31 Å². The molecule has 0 aromatic heterocycles. The lowest BCUT2D eigenvalue weighted by atomic mass is 10.2. The summed E-state index contributed by atoms with van der Waals surface area (Å²) in [5, 5.41) is 0. The number of nitrogens with two attached hydrogens (primary N) is 1. The topological polar surface area (TPSA) is 110 Å². The molecule has 144 valence electrons. The molecule has 1 atom stereocenters. The molecule has 1 unspecified atom stereocenters. The van der Waals surface area contributed by atoms with Gasteiger partial charge in [0.25, 0.3) is 0 Å². The van der Waals surface area contributed by atoms with Crippen LogP contribution in [-0.2, 0) is 20.0 Å². The molecule has 0 saturated heterocycles. The van der Waals surface area contributed by atoms with Crippen LogP contribution in [0.2, 0.25) is 0 Å². The van der Waals surface area contributed by atoms with Crippen LogP contribution < -0.4 is 10.5 Å². The molecular formula is C15H26ClN3O4S2. The van der Waals surface area contributed by atoms with Gasteiger partial charge in [0.2, 0.25) is 20.0 Å². The van der Waals surface area contributed by atoms with E-state index in [0.717, 1.165) is 12.8 Å². The van der Waals surface area contributed by atoms with Gasteiger partial charge in [-0.25, -0.2) is 21.6 Å². The molecule has 25 heavy (non-hydrogen) atoms. The van der Waals surface area contributed by atoms with E-state index in [4.69, 9.17) is 5.73 Å². The Labute approximate surface area is 156 Å². The zero-order valence-corrected chi connectivity index (χ0v) is 16.8. The summed E-state index contributed by atoms with van der Waals surface area (Å²) in [5.41, 5.74) is 5.91. The van der Waals surface area contributed by atoms with Gasteiger partial charge in [0.05, 0.1) is 9.79 Å². The molecule has 7 nitrogen and oxygen atoms in total. The predicted octanol–water partition coefficient (Wildman–Crippen LogP) is 1.15. The first-order valence-corrected chi connectivity index (χ1v) is 11.0. The normalized spacial score (nSPS) is 16.5. The summed E-state index contributed by atoms with van der Waals surface area (Å²) in [6.45, 7) is 4.28. The number of halogens is 1. The van der Waals surface area contributed by atoms with Crippen LogP contribution in [0.1, 0.15) is 26.7 Å². The summed E-state index contributed by atoms with van der Waals surface area (Å²) >= 11 is 0. The van der Waals surface area contributed by atoms with E-state index in [0.29, 0.717) is 19.0 Å². The number of benzene rings is 1. The monoisotopic (exact) mass is 411 g/mol. The minimum absolute atomic E-state index is 0. The lowest BCUT2D eigenvalue weighted by Crippen LogP contribution is -2.38. The van der Waals surface area contributed by atoms with Crippen molar-refractivity contribution >= 4 is 32.5 Å². The van der Waals surface area contributed by atoms with Crippen molar-refractivity contribution in [3.63, 3.8) is 0 Å². The summed E-state index contributed by atoms with van der Waals surface area (Å²) in [7, 11) is -7.50. The van der Waals surface area contributed by atoms with Gasteiger partial charge in [-0.3, -0.25) is 0 Å². The van der Waals surface area contributed by atoms with E-state index < -0.39 is 20.0 Å². The Kier molecular flexibility index (Phi) is 7.85. The molecular weight excluding hydrogens is 386 g/mol. The van der Waals surface area contributed by atoms with Gasteiger partial charge >= 0.3 is 0 Å². The van der Waals surface area contributed by atoms with Crippen LogP contribution in [0.15, 0.2) is 34.1 Å². The van der Waals surface area contributed by atoms with Gasteiger partial charge in [-0.15, -0.1) is 12.4 Å². The SMILES string of the molecule is CCN(CC)S(=O)(=O)c1cccc(S(=O)(=O)NCC(N)C2CC2)c1.Cl. The number of sulfonamides is 2. The third-order valence-corrected chi connectivity index (χ3v) is 7.66. The molecule has 10 heteroatoms. The highest BCUT2D eigenvalue weighted by molar-refractivity contribution is 7.90. The maximum atomic E-state index is 12.5. The molecule has 1 saturated carbocycles. The van der Waals surface area contributed by atoms with Crippen molar-refractivity contribution in [2.75, 3.05) is 19.6 Å². The number of hydrogen-bond donors (Lipinski definition) is 2. The highest BCUT2D eigenvalue weighted by atomic mass is 35.5. The molecule has 1 aliphatic rings. The molecule has 0 heterocycles. The fourth-order valence-electron chi connectivity index (χ4n) is 2.49. The number of nitrogens with one attached hydrogen (secondary N) is 1. The highest BCUT2D eigenvalue weighted by Crippen LogP contribution is 2.31. The Morgan fingerprint density at radius 1 is 1.16 bits per heavy atom. The van der Waals surface area contributed by atoms with Crippen molar-refractivity contribution in [1.29, 1.82) is 0 Å². The van der Waals surface area contributed by atoms with Crippen LogP contribution in [0.4, 0.5) is 0 Å². The third kappa shape index (κ3) is 5.38. The average molecular weight is 412 g/mol. The minimum Gasteiger partial charge on any atom is -0.326 e. The Bertz CT molecular complexity index is 776. The lowest BCUT2D eigenvalue weighted by Gasteiger charge is -2.19. The van der Waals surface area contributed by atoms with Gasteiger partial charge in [0.1, 0.15) is 0 Å². The molecule has 0 radical (unpaired) electrons. The Morgan fingerprint density at radius 3 is 2.24 bits per heavy atom. The Balaban J connectivity index is 0.00000312. The summed E-state index contributed by atoms with van der Waals surface area (Å²) < 4.78 is 53.6. The van der Waals surface area contributed by atoms with E-state index in [1.54, 1.807) is 13.8 Å². The van der Waals surface area contributed by atoms with Crippen molar-refractivity contribution in [2.45, 2.75) is 42.5 Å². The fraction of sp³-hybridized carbons (Fsp3) is 0.600. The maximum absolute atomic E-state index is 12.5. The predicted molar refractivity (Wildman–Crippen MR) is 99.7 cm³/mol. The van der Waals surface area contributed by atoms with Crippen molar-refractivity contribution in [3.05, 3.63) is 24.3 Å². The molecule has 1 aromatic rings. The first-order chi connectivity index (χ1) is 11.2. The fourth-order valence-corrected chi connectivity index (χ4v) is 5.19. The van der Waals surface area contributed by atoms with E-state index in [1.165, 1.54) is 28.6 Å². The Morgan fingerprint density at radius 2 is 1.72 bits per heavy atom. The van der Waals surface area contributed by atoms with E-state index in [9.17, 15) is 16.8 Å². The van der Waals surface area contributed by atoms with Crippen LogP contribution in [0, 0.1) is 5.92 Å². The van der Waals surface area contributed by atoms with Crippen LogP contribution in [0.25, 0.3) is 0 Å². The first-order valence-electron chi connectivity index (χ1n) is 8.07. The van der Waals surface area contributed by atoms with Crippen molar-refractivity contribution in [3.8, 4) is 0 Å². The summed E-state index contributed by atoms with van der Waals surface area (Å²) in [6.07, 6.45) is 2.06. The van der Waals surface area contributed by atoms with E-state index in [2.05, 4.69) is 4.72 Å². The highest BCUT2D eigenvalue weighted by Gasteiger charge is 2.30. The number of hydrogen-bond acceptors (Lipinski definition) is 5. The van der Waals surface area contributed by atoms with Gasteiger partial charge in [0, 0.05) is 25.7 Å². The smallest absolute Gasteiger partial charge is 0.243 e. The van der Waals surface area contributed by atoms with Crippen LogP contribution in [-0.4, -0.2) is 46.8 Å². The first kappa shape index (κ1) is 22.3. The van der Waals surface area contributed by atoms with E-state index in [1.807, 2.05) is 0 Å². The second-order valence-corrected chi connectivity index (χ2v) is 9.62. The molecule has 2 rings (SSSR count). The molecule has 0 bridgehead atoms. The van der Waals surface area contributed by atoms with E-state index in [-0.39, 0.29) is 34.8 Å². The van der Waals surface area contributed by atoms with Gasteiger partial charge in [0.15, 0.2) is 0 Å². The van der Waals surface area contributed by atoms with Crippen LogP contribution in [0.3, 0.4) is 0 Å². The van der Waals surface area contributed by atoms with Gasteiger partial charge < -0.3 is 5.73 Å². The number of rotatable bonds is 9. The Hall–Kier alpha value is -0.710.